The Kier molecular flexibility index (Phi) is 6.60. The molecule has 18 heavy (non-hydrogen) atoms. The lowest BCUT2D eigenvalue weighted by atomic mass is 9.98. The van der Waals surface area contributed by atoms with E-state index in [4.69, 9.17) is 0 Å². The highest BCUT2D eigenvalue weighted by Crippen LogP contribution is 2.15. The van der Waals surface area contributed by atoms with E-state index in [0.717, 1.165) is 19.4 Å². The van der Waals surface area contributed by atoms with Crippen LogP contribution in [-0.4, -0.2) is 45.0 Å². The summed E-state index contributed by atoms with van der Waals surface area (Å²) in [5.41, 5.74) is 0. The Morgan fingerprint density at radius 2 is 2.06 bits per heavy atom. The van der Waals surface area contributed by atoms with E-state index in [9.17, 15) is 13.2 Å². The molecule has 0 radical (unpaired) electrons. The lowest BCUT2D eigenvalue weighted by molar-refractivity contribution is -0.125. The normalized spacial score (nSPS) is 20.9. The van der Waals surface area contributed by atoms with Gasteiger partial charge in [-0.1, -0.05) is 0 Å². The molecule has 0 aliphatic carbocycles. The quantitative estimate of drug-likeness (QED) is 0.785. The van der Waals surface area contributed by atoms with E-state index in [-0.39, 0.29) is 30.8 Å². The van der Waals surface area contributed by atoms with Crippen molar-refractivity contribution in [3.05, 3.63) is 0 Å². The van der Waals surface area contributed by atoms with E-state index in [1.165, 1.54) is 6.26 Å². The number of hydrogen-bond acceptors (Lipinski definition) is 4. The second kappa shape index (κ2) is 6.73. The minimum atomic E-state index is -3.16. The van der Waals surface area contributed by atoms with Crippen LogP contribution in [0.2, 0.25) is 0 Å². The monoisotopic (exact) mass is 298 g/mol. The molecule has 0 aromatic carbocycles. The second-order valence-corrected chi connectivity index (χ2v) is 7.94. The van der Waals surface area contributed by atoms with Gasteiger partial charge < -0.3 is 10.6 Å². The zero-order chi connectivity index (χ0) is 13.1. The number of amides is 1. The third-order valence-electron chi connectivity index (χ3n) is 3.36. The number of carbonyl (C=O) groups excluding carboxylic acids is 1. The van der Waals surface area contributed by atoms with Crippen molar-refractivity contribution in [2.75, 3.05) is 25.9 Å². The predicted octanol–water partition coefficient (Wildman–Crippen LogP) is 0.347. The lowest BCUT2D eigenvalue weighted by Crippen LogP contribution is -2.47. The van der Waals surface area contributed by atoms with Crippen LogP contribution in [0.5, 0.6) is 0 Å². The fourth-order valence-corrected chi connectivity index (χ4v) is 1.99. The van der Waals surface area contributed by atoms with Gasteiger partial charge in [-0.25, -0.2) is 8.42 Å². The molecule has 2 N–H and O–H groups in total. The van der Waals surface area contributed by atoms with Crippen LogP contribution >= 0.6 is 12.4 Å². The van der Waals surface area contributed by atoms with Gasteiger partial charge >= 0.3 is 0 Å². The van der Waals surface area contributed by atoms with Crippen LogP contribution in [0, 0.1) is 5.92 Å². The predicted molar refractivity (Wildman–Crippen MR) is 74.8 cm³/mol. The molecule has 108 valence electrons. The molecule has 0 aromatic rings. The van der Waals surface area contributed by atoms with Gasteiger partial charge in [0.1, 0.15) is 0 Å². The van der Waals surface area contributed by atoms with Crippen molar-refractivity contribution >= 4 is 28.2 Å². The van der Waals surface area contributed by atoms with Crippen LogP contribution in [0.25, 0.3) is 0 Å². The number of sulfone groups is 1. The molecule has 1 atom stereocenters. The highest BCUT2D eigenvalue weighted by Gasteiger charge is 2.31. The van der Waals surface area contributed by atoms with Crippen molar-refractivity contribution in [3.63, 3.8) is 0 Å². The summed E-state index contributed by atoms with van der Waals surface area (Å²) in [7, 11) is -3.16. The van der Waals surface area contributed by atoms with Gasteiger partial charge in [-0.05, 0) is 33.2 Å². The first-order valence-electron chi connectivity index (χ1n) is 5.92. The summed E-state index contributed by atoms with van der Waals surface area (Å²) in [6.07, 6.45) is 3.06. The van der Waals surface area contributed by atoms with Crippen molar-refractivity contribution in [3.8, 4) is 0 Å². The molecule has 1 amide bonds. The highest BCUT2D eigenvalue weighted by atomic mass is 35.5. The molecular formula is C11H23ClN2O3S. The Hall–Kier alpha value is -0.330. The third kappa shape index (κ3) is 4.74. The summed E-state index contributed by atoms with van der Waals surface area (Å²) >= 11 is 0. The summed E-state index contributed by atoms with van der Waals surface area (Å²) in [6.45, 7) is 5.06. The lowest BCUT2D eigenvalue weighted by Gasteiger charge is -2.26. The van der Waals surface area contributed by atoms with E-state index in [1.54, 1.807) is 13.8 Å². The van der Waals surface area contributed by atoms with Gasteiger partial charge in [0.05, 0.1) is 10.7 Å². The maximum Gasteiger partial charge on any atom is 0.224 e. The Morgan fingerprint density at radius 3 is 2.50 bits per heavy atom. The van der Waals surface area contributed by atoms with Gasteiger partial charge in [-0.2, -0.15) is 0 Å². The van der Waals surface area contributed by atoms with Crippen molar-refractivity contribution in [2.45, 2.75) is 31.4 Å². The molecule has 0 saturated carbocycles. The van der Waals surface area contributed by atoms with E-state index in [1.807, 2.05) is 0 Å². The zero-order valence-corrected chi connectivity index (χ0v) is 12.8. The number of hydrogen-bond donors (Lipinski definition) is 2. The van der Waals surface area contributed by atoms with Crippen LogP contribution in [0.3, 0.4) is 0 Å². The molecule has 0 bridgehead atoms. The Labute approximate surface area is 115 Å². The SMILES string of the molecule is CC(C)(CNC(=O)C1CCCNC1)S(C)(=O)=O.Cl. The smallest absolute Gasteiger partial charge is 0.224 e. The van der Waals surface area contributed by atoms with E-state index in [2.05, 4.69) is 10.6 Å². The first-order chi connectivity index (χ1) is 7.74. The standard InChI is InChI=1S/C11H22N2O3S.ClH/c1-11(2,17(3,15)16)8-13-10(14)9-5-4-6-12-7-9;/h9,12H,4-8H2,1-3H3,(H,13,14);1H. The Bertz CT molecular complexity index is 376. The fourth-order valence-electron chi connectivity index (χ4n) is 1.65. The van der Waals surface area contributed by atoms with Crippen LogP contribution in [-0.2, 0) is 14.6 Å². The molecule has 1 rings (SSSR count). The van der Waals surface area contributed by atoms with Crippen LogP contribution in [0.1, 0.15) is 26.7 Å². The van der Waals surface area contributed by atoms with Gasteiger partial charge in [-0.15, -0.1) is 12.4 Å². The fraction of sp³-hybridized carbons (Fsp3) is 0.909. The first-order valence-corrected chi connectivity index (χ1v) is 7.81. The number of nitrogens with one attached hydrogen (secondary N) is 2. The average Bonchev–Trinajstić information content (AvgIpc) is 2.25. The number of rotatable bonds is 4. The van der Waals surface area contributed by atoms with Crippen molar-refractivity contribution in [1.82, 2.24) is 10.6 Å². The molecule has 1 fully saturated rings. The number of halogens is 1. The maximum atomic E-state index is 11.8. The largest absolute Gasteiger partial charge is 0.354 e. The van der Waals surface area contributed by atoms with E-state index in [0.29, 0.717) is 6.54 Å². The molecule has 1 saturated heterocycles. The molecule has 0 spiro atoms. The Morgan fingerprint density at radius 1 is 1.44 bits per heavy atom. The molecular weight excluding hydrogens is 276 g/mol. The molecule has 1 unspecified atom stereocenters. The maximum absolute atomic E-state index is 11.8. The van der Waals surface area contributed by atoms with Gasteiger partial charge in [0.2, 0.25) is 5.91 Å². The zero-order valence-electron chi connectivity index (χ0n) is 11.2. The van der Waals surface area contributed by atoms with Crippen molar-refractivity contribution in [2.24, 2.45) is 5.92 Å². The van der Waals surface area contributed by atoms with Crippen molar-refractivity contribution in [1.29, 1.82) is 0 Å². The number of carbonyl (C=O) groups is 1. The van der Waals surface area contributed by atoms with Gasteiger partial charge in [-0.3, -0.25) is 4.79 Å². The first kappa shape index (κ1) is 17.7. The molecule has 1 aliphatic heterocycles. The minimum Gasteiger partial charge on any atom is -0.354 e. The minimum absolute atomic E-state index is 0. The van der Waals surface area contributed by atoms with Gasteiger partial charge in [0.25, 0.3) is 0 Å². The number of piperidine rings is 1. The van der Waals surface area contributed by atoms with Crippen LogP contribution in [0.4, 0.5) is 0 Å². The molecule has 1 heterocycles. The molecule has 5 nitrogen and oxygen atoms in total. The molecule has 0 aromatic heterocycles. The summed E-state index contributed by atoms with van der Waals surface area (Å²) in [6, 6.07) is 0. The average molecular weight is 299 g/mol. The molecule has 7 heteroatoms. The summed E-state index contributed by atoms with van der Waals surface area (Å²) in [5, 5.41) is 5.91. The van der Waals surface area contributed by atoms with Crippen LogP contribution < -0.4 is 10.6 Å². The summed E-state index contributed by atoms with van der Waals surface area (Å²) in [5.74, 6) is -0.0759. The van der Waals surface area contributed by atoms with E-state index < -0.39 is 14.6 Å². The van der Waals surface area contributed by atoms with Crippen molar-refractivity contribution < 1.29 is 13.2 Å². The van der Waals surface area contributed by atoms with Gasteiger partial charge in [0.15, 0.2) is 9.84 Å². The second-order valence-electron chi connectivity index (χ2n) is 5.29. The highest BCUT2D eigenvalue weighted by molar-refractivity contribution is 7.92. The molecule has 1 aliphatic rings. The van der Waals surface area contributed by atoms with Gasteiger partial charge in [0, 0.05) is 19.3 Å². The summed E-state index contributed by atoms with van der Waals surface area (Å²) in [4.78, 5) is 11.8. The summed E-state index contributed by atoms with van der Waals surface area (Å²) < 4.78 is 22.0. The van der Waals surface area contributed by atoms with Crippen LogP contribution in [0.15, 0.2) is 0 Å². The topological polar surface area (TPSA) is 75.3 Å². The third-order valence-corrected chi connectivity index (χ3v) is 5.51. The Balaban J connectivity index is 0.00000289. The van der Waals surface area contributed by atoms with E-state index >= 15 is 0 Å².